The van der Waals surface area contributed by atoms with Gasteiger partial charge >= 0.3 is 12.2 Å². The SMILES string of the molecule is CC(CC(N)=O)OC(=O)OCOC(=O)NC(C(=O)N1CCCC1C(=O)N1CCCC1C(N)=O)C(C)O. The summed E-state index contributed by atoms with van der Waals surface area (Å²) in [5.41, 5.74) is 10.4. The van der Waals surface area contributed by atoms with Crippen molar-refractivity contribution in [3.05, 3.63) is 0 Å². The van der Waals surface area contributed by atoms with Crippen LogP contribution in [0.15, 0.2) is 0 Å². The summed E-state index contributed by atoms with van der Waals surface area (Å²) >= 11 is 0. The maximum atomic E-state index is 13.1. The smallest absolute Gasteiger partial charge is 0.431 e. The Morgan fingerprint density at radius 1 is 0.972 bits per heavy atom. The van der Waals surface area contributed by atoms with E-state index in [9.17, 15) is 33.9 Å². The molecule has 2 saturated heterocycles. The van der Waals surface area contributed by atoms with Gasteiger partial charge in [0.25, 0.3) is 0 Å². The Labute approximate surface area is 207 Å². The Morgan fingerprint density at radius 3 is 2.17 bits per heavy atom. The van der Waals surface area contributed by atoms with Crippen molar-refractivity contribution < 1.29 is 48.1 Å². The Hall–Kier alpha value is -3.62. The van der Waals surface area contributed by atoms with Crippen LogP contribution in [0.5, 0.6) is 0 Å². The van der Waals surface area contributed by atoms with Crippen LogP contribution in [0.2, 0.25) is 0 Å². The number of alkyl carbamates (subject to hydrolysis) is 1. The van der Waals surface area contributed by atoms with E-state index in [4.69, 9.17) is 20.9 Å². The van der Waals surface area contributed by atoms with Crippen molar-refractivity contribution in [3.8, 4) is 0 Å². The van der Waals surface area contributed by atoms with Gasteiger partial charge in [-0.15, -0.1) is 0 Å². The third-order valence-electron chi connectivity index (χ3n) is 5.86. The van der Waals surface area contributed by atoms with E-state index in [0.717, 1.165) is 0 Å². The first-order valence-corrected chi connectivity index (χ1v) is 11.6. The molecule has 15 nitrogen and oxygen atoms in total. The highest BCUT2D eigenvalue weighted by molar-refractivity contribution is 5.94. The van der Waals surface area contributed by atoms with Crippen molar-refractivity contribution in [1.82, 2.24) is 15.1 Å². The average Bonchev–Trinajstić information content (AvgIpc) is 3.45. The molecule has 2 aliphatic rings. The van der Waals surface area contributed by atoms with Gasteiger partial charge in [0.1, 0.15) is 24.2 Å². The van der Waals surface area contributed by atoms with Crippen LogP contribution in [0.3, 0.4) is 0 Å². The fraction of sp³-hybridized carbons (Fsp3) is 0.714. The number of hydrogen-bond acceptors (Lipinski definition) is 10. The van der Waals surface area contributed by atoms with Gasteiger partial charge < -0.3 is 45.9 Å². The second-order valence-corrected chi connectivity index (χ2v) is 8.69. The number of nitrogens with two attached hydrogens (primary N) is 2. The molecule has 0 aromatic rings. The van der Waals surface area contributed by atoms with Crippen molar-refractivity contribution in [2.24, 2.45) is 11.5 Å². The van der Waals surface area contributed by atoms with Gasteiger partial charge in [-0.3, -0.25) is 19.2 Å². The zero-order valence-electron chi connectivity index (χ0n) is 20.2. The van der Waals surface area contributed by atoms with Crippen molar-refractivity contribution in [3.63, 3.8) is 0 Å². The first-order valence-electron chi connectivity index (χ1n) is 11.6. The summed E-state index contributed by atoms with van der Waals surface area (Å²) in [5, 5.41) is 12.3. The average molecular weight is 516 g/mol. The number of carbonyl (C=O) groups is 6. The number of nitrogens with zero attached hydrogens (tertiary/aromatic N) is 2. The molecule has 0 spiro atoms. The largest absolute Gasteiger partial charge is 0.511 e. The van der Waals surface area contributed by atoms with Crippen LogP contribution in [0, 0.1) is 0 Å². The Kier molecular flexibility index (Phi) is 10.3. The maximum Gasteiger partial charge on any atom is 0.511 e. The predicted molar refractivity (Wildman–Crippen MR) is 119 cm³/mol. The molecule has 15 heteroatoms. The van der Waals surface area contributed by atoms with Gasteiger partial charge in [-0.1, -0.05) is 0 Å². The molecule has 0 aliphatic carbocycles. The van der Waals surface area contributed by atoms with E-state index in [1.807, 2.05) is 0 Å². The van der Waals surface area contributed by atoms with Gasteiger partial charge in [0.2, 0.25) is 30.4 Å². The maximum absolute atomic E-state index is 13.1. The monoisotopic (exact) mass is 515 g/mol. The Morgan fingerprint density at radius 2 is 1.58 bits per heavy atom. The zero-order chi connectivity index (χ0) is 27.0. The fourth-order valence-electron chi connectivity index (χ4n) is 4.20. The quantitative estimate of drug-likeness (QED) is 0.191. The lowest BCUT2D eigenvalue weighted by Crippen LogP contribution is -2.58. The summed E-state index contributed by atoms with van der Waals surface area (Å²) in [7, 11) is 0. The third kappa shape index (κ3) is 7.69. The van der Waals surface area contributed by atoms with E-state index in [1.54, 1.807) is 0 Å². The number of rotatable bonds is 10. The molecule has 5 unspecified atom stereocenters. The molecular formula is C21H33N5O10. The van der Waals surface area contributed by atoms with Gasteiger partial charge in [-0.05, 0) is 39.5 Å². The van der Waals surface area contributed by atoms with Gasteiger partial charge in [0, 0.05) is 13.1 Å². The van der Waals surface area contributed by atoms with E-state index < -0.39 is 73.0 Å². The van der Waals surface area contributed by atoms with Crippen molar-refractivity contribution >= 4 is 35.9 Å². The molecule has 0 aromatic heterocycles. The summed E-state index contributed by atoms with van der Waals surface area (Å²) in [6, 6.07) is -3.06. The van der Waals surface area contributed by atoms with Crippen LogP contribution in [-0.4, -0.2) is 101 Å². The number of aliphatic hydroxyl groups is 1. The lowest BCUT2D eigenvalue weighted by Gasteiger charge is -2.33. The van der Waals surface area contributed by atoms with E-state index in [-0.39, 0.29) is 13.0 Å². The summed E-state index contributed by atoms with van der Waals surface area (Å²) in [6.45, 7) is 2.37. The molecule has 0 aromatic carbocycles. The summed E-state index contributed by atoms with van der Waals surface area (Å²) in [6.07, 6.45) is -2.89. The number of carbonyl (C=O) groups excluding carboxylic acids is 6. The molecular weight excluding hydrogens is 482 g/mol. The highest BCUT2D eigenvalue weighted by Crippen LogP contribution is 2.25. The zero-order valence-corrected chi connectivity index (χ0v) is 20.2. The van der Waals surface area contributed by atoms with Gasteiger partial charge in [0.15, 0.2) is 0 Å². The molecule has 5 atom stereocenters. The van der Waals surface area contributed by atoms with Crippen LogP contribution in [-0.2, 0) is 33.4 Å². The molecule has 5 amide bonds. The van der Waals surface area contributed by atoms with Crippen molar-refractivity contribution in [2.45, 2.75) is 76.3 Å². The predicted octanol–water partition coefficient (Wildman–Crippen LogP) is -1.70. The minimum atomic E-state index is -1.46. The van der Waals surface area contributed by atoms with E-state index in [2.05, 4.69) is 10.1 Å². The molecule has 36 heavy (non-hydrogen) atoms. The van der Waals surface area contributed by atoms with Crippen molar-refractivity contribution in [2.75, 3.05) is 19.9 Å². The molecule has 202 valence electrons. The number of hydrogen-bond donors (Lipinski definition) is 4. The molecule has 6 N–H and O–H groups in total. The van der Waals surface area contributed by atoms with Crippen molar-refractivity contribution in [1.29, 1.82) is 0 Å². The number of ether oxygens (including phenoxy) is 3. The molecule has 0 bridgehead atoms. The van der Waals surface area contributed by atoms with Crippen LogP contribution in [0.4, 0.5) is 9.59 Å². The molecule has 2 heterocycles. The van der Waals surface area contributed by atoms with Crippen LogP contribution in [0.1, 0.15) is 46.0 Å². The number of amides is 5. The number of likely N-dealkylation sites (tertiary alicyclic amines) is 2. The first kappa shape index (κ1) is 28.6. The number of aliphatic hydroxyl groups excluding tert-OH is 1. The third-order valence-corrected chi connectivity index (χ3v) is 5.86. The van der Waals surface area contributed by atoms with Crippen LogP contribution < -0.4 is 16.8 Å². The standard InChI is InChI=1S/C21H33N5O10/c1-11(9-15(22)28)36-21(33)35-10-34-20(32)24-16(12(2)27)19(31)26-8-4-6-14(26)18(30)25-7-3-5-13(25)17(23)29/h11-14,16,27H,3-10H2,1-2H3,(H2,22,28)(H2,23,29)(H,24,32). The Balaban J connectivity index is 1.92. The van der Waals surface area contributed by atoms with Gasteiger partial charge in [-0.2, -0.15) is 0 Å². The number of nitrogens with one attached hydrogen (secondary N) is 1. The minimum Gasteiger partial charge on any atom is -0.431 e. The minimum absolute atomic E-state index is 0.211. The highest BCUT2D eigenvalue weighted by Gasteiger charge is 2.43. The van der Waals surface area contributed by atoms with E-state index in [0.29, 0.717) is 32.2 Å². The van der Waals surface area contributed by atoms with Gasteiger partial charge in [0.05, 0.1) is 12.5 Å². The van der Waals surface area contributed by atoms with E-state index in [1.165, 1.54) is 23.6 Å². The first-order chi connectivity index (χ1) is 16.9. The molecule has 2 fully saturated rings. The molecule has 2 rings (SSSR count). The molecule has 2 aliphatic heterocycles. The second-order valence-electron chi connectivity index (χ2n) is 8.69. The van der Waals surface area contributed by atoms with Crippen LogP contribution in [0.25, 0.3) is 0 Å². The normalized spacial score (nSPS) is 21.8. The molecule has 0 saturated carbocycles. The lowest BCUT2D eigenvalue weighted by atomic mass is 10.1. The number of primary amides is 2. The topological polar surface area (TPSA) is 221 Å². The summed E-state index contributed by atoms with van der Waals surface area (Å²) in [4.78, 5) is 75.0. The van der Waals surface area contributed by atoms with Crippen LogP contribution >= 0.6 is 0 Å². The molecule has 0 radical (unpaired) electrons. The summed E-state index contributed by atoms with van der Waals surface area (Å²) in [5.74, 6) is -2.42. The second kappa shape index (κ2) is 12.9. The Bertz CT molecular complexity index is 866. The van der Waals surface area contributed by atoms with E-state index >= 15 is 0 Å². The van der Waals surface area contributed by atoms with Gasteiger partial charge in [-0.25, -0.2) is 9.59 Å². The highest BCUT2D eigenvalue weighted by atomic mass is 16.8. The summed E-state index contributed by atoms with van der Waals surface area (Å²) < 4.78 is 14.0. The fourth-order valence-corrected chi connectivity index (χ4v) is 4.20. The lowest BCUT2D eigenvalue weighted by molar-refractivity contribution is -0.148.